The Morgan fingerprint density at radius 3 is 2.58 bits per heavy atom. The van der Waals surface area contributed by atoms with Crippen LogP contribution in [-0.4, -0.2) is 35.6 Å². The van der Waals surface area contributed by atoms with Crippen LogP contribution < -0.4 is 0 Å². The molecule has 68 valence electrons. The van der Waals surface area contributed by atoms with Gasteiger partial charge in [-0.1, -0.05) is 5.57 Å². The molecule has 0 bridgehead atoms. The molecule has 0 aliphatic carbocycles. The van der Waals surface area contributed by atoms with E-state index in [1.54, 1.807) is 0 Å². The monoisotopic (exact) mass is 169 g/mol. The maximum atomic E-state index is 10.3. The van der Waals surface area contributed by atoms with Crippen molar-refractivity contribution in [1.82, 2.24) is 4.90 Å². The highest BCUT2D eigenvalue weighted by Gasteiger charge is 2.11. The fraction of sp³-hybridized carbons (Fsp3) is 0.667. The Morgan fingerprint density at radius 1 is 1.50 bits per heavy atom. The van der Waals surface area contributed by atoms with Crippen LogP contribution in [0.15, 0.2) is 11.6 Å². The van der Waals surface area contributed by atoms with Gasteiger partial charge in [0.25, 0.3) is 0 Å². The second-order valence-corrected chi connectivity index (χ2v) is 3.31. The van der Waals surface area contributed by atoms with Crippen molar-refractivity contribution in [3.63, 3.8) is 0 Å². The Kier molecular flexibility index (Phi) is 3.29. The molecule has 0 amide bonds. The van der Waals surface area contributed by atoms with Gasteiger partial charge in [-0.25, -0.2) is 4.79 Å². The van der Waals surface area contributed by atoms with Gasteiger partial charge in [0.2, 0.25) is 0 Å². The lowest BCUT2D eigenvalue weighted by molar-refractivity contribution is -0.131. The molecule has 1 saturated heterocycles. The molecule has 1 heterocycles. The third kappa shape index (κ3) is 3.05. The van der Waals surface area contributed by atoms with E-state index >= 15 is 0 Å². The van der Waals surface area contributed by atoms with Crippen molar-refractivity contribution in [3.05, 3.63) is 11.6 Å². The van der Waals surface area contributed by atoms with E-state index in [0.29, 0.717) is 0 Å². The smallest absolute Gasteiger partial charge is 0.328 e. The van der Waals surface area contributed by atoms with Crippen molar-refractivity contribution in [2.45, 2.75) is 19.8 Å². The molecule has 0 spiro atoms. The number of aliphatic carboxylic acids is 1. The molecule has 0 aromatic heterocycles. The summed E-state index contributed by atoms with van der Waals surface area (Å²) in [6.45, 7) is 4.91. The number of carboxylic acids is 1. The minimum absolute atomic E-state index is 0.812. The number of carboxylic acid groups (broad SMARTS) is 1. The van der Waals surface area contributed by atoms with Crippen LogP contribution in [0.4, 0.5) is 0 Å². The lowest BCUT2D eigenvalue weighted by Crippen LogP contribution is -2.21. The first-order chi connectivity index (χ1) is 5.68. The normalized spacial score (nSPS) is 19.9. The van der Waals surface area contributed by atoms with Gasteiger partial charge < -0.3 is 5.11 Å². The summed E-state index contributed by atoms with van der Waals surface area (Å²) in [5, 5.41) is 8.46. The van der Waals surface area contributed by atoms with Crippen LogP contribution in [0.3, 0.4) is 0 Å². The van der Waals surface area contributed by atoms with Crippen molar-refractivity contribution in [3.8, 4) is 0 Å². The summed E-state index contributed by atoms with van der Waals surface area (Å²) in [7, 11) is 0. The number of rotatable bonds is 3. The molecule has 0 unspecified atom stereocenters. The predicted octanol–water partition coefficient (Wildman–Crippen LogP) is 1.11. The fourth-order valence-corrected chi connectivity index (χ4v) is 1.55. The van der Waals surface area contributed by atoms with Gasteiger partial charge in [-0.2, -0.15) is 0 Å². The number of nitrogens with zero attached hydrogens (tertiary/aromatic N) is 1. The molecule has 1 rings (SSSR count). The van der Waals surface area contributed by atoms with Gasteiger partial charge >= 0.3 is 5.97 Å². The summed E-state index contributed by atoms with van der Waals surface area (Å²) in [6.07, 6.45) is 3.79. The Morgan fingerprint density at radius 2 is 2.08 bits per heavy atom. The van der Waals surface area contributed by atoms with Gasteiger partial charge in [-0.3, -0.25) is 4.90 Å². The molecule has 1 aliphatic rings. The van der Waals surface area contributed by atoms with E-state index in [2.05, 4.69) is 4.90 Å². The summed E-state index contributed by atoms with van der Waals surface area (Å²) < 4.78 is 0. The Hall–Kier alpha value is -0.830. The zero-order chi connectivity index (χ0) is 8.97. The maximum absolute atomic E-state index is 10.3. The van der Waals surface area contributed by atoms with Crippen LogP contribution >= 0.6 is 0 Å². The van der Waals surface area contributed by atoms with Crippen molar-refractivity contribution < 1.29 is 9.90 Å². The van der Waals surface area contributed by atoms with Crippen molar-refractivity contribution in [1.29, 1.82) is 0 Å². The van der Waals surface area contributed by atoms with Crippen molar-refractivity contribution >= 4 is 5.97 Å². The first-order valence-corrected chi connectivity index (χ1v) is 4.31. The molecule has 0 saturated carbocycles. The molecule has 0 radical (unpaired) electrons. The Bertz CT molecular complexity index is 193. The molecule has 3 heteroatoms. The van der Waals surface area contributed by atoms with Gasteiger partial charge in [-0.15, -0.1) is 0 Å². The average molecular weight is 169 g/mol. The lowest BCUT2D eigenvalue weighted by atomic mass is 10.2. The zero-order valence-corrected chi connectivity index (χ0v) is 7.42. The van der Waals surface area contributed by atoms with E-state index in [0.717, 1.165) is 25.2 Å². The van der Waals surface area contributed by atoms with Crippen LogP contribution in [0.1, 0.15) is 19.8 Å². The average Bonchev–Trinajstić information content (AvgIpc) is 2.37. The van der Waals surface area contributed by atoms with E-state index in [-0.39, 0.29) is 0 Å². The summed E-state index contributed by atoms with van der Waals surface area (Å²) >= 11 is 0. The lowest BCUT2D eigenvalue weighted by Gasteiger charge is -2.13. The molecular weight excluding hydrogens is 154 g/mol. The number of hydrogen-bond donors (Lipinski definition) is 1. The van der Waals surface area contributed by atoms with Crippen molar-refractivity contribution in [2.24, 2.45) is 0 Å². The highest BCUT2D eigenvalue weighted by atomic mass is 16.4. The highest BCUT2D eigenvalue weighted by Crippen LogP contribution is 2.09. The molecule has 12 heavy (non-hydrogen) atoms. The summed E-state index contributed by atoms with van der Waals surface area (Å²) in [5.41, 5.74) is 0.935. The van der Waals surface area contributed by atoms with Crippen LogP contribution in [0.5, 0.6) is 0 Å². The topological polar surface area (TPSA) is 40.5 Å². The minimum Gasteiger partial charge on any atom is -0.478 e. The second-order valence-electron chi connectivity index (χ2n) is 3.31. The van der Waals surface area contributed by atoms with E-state index in [1.807, 2.05) is 6.92 Å². The minimum atomic E-state index is -0.841. The van der Waals surface area contributed by atoms with Crippen LogP contribution in [0.2, 0.25) is 0 Å². The second kappa shape index (κ2) is 4.26. The van der Waals surface area contributed by atoms with Crippen LogP contribution in [0, 0.1) is 0 Å². The van der Waals surface area contributed by atoms with Gasteiger partial charge in [-0.05, 0) is 32.9 Å². The number of carbonyl (C=O) groups is 1. The van der Waals surface area contributed by atoms with E-state index < -0.39 is 5.97 Å². The Labute approximate surface area is 72.7 Å². The SMILES string of the molecule is CC(=CC(=O)O)CN1CCCC1. The summed E-state index contributed by atoms with van der Waals surface area (Å²) in [5.74, 6) is -0.841. The van der Waals surface area contributed by atoms with E-state index in [9.17, 15) is 4.79 Å². The molecule has 1 fully saturated rings. The van der Waals surface area contributed by atoms with Gasteiger partial charge in [0, 0.05) is 12.6 Å². The largest absolute Gasteiger partial charge is 0.478 e. The van der Waals surface area contributed by atoms with Crippen LogP contribution in [-0.2, 0) is 4.79 Å². The fourth-order valence-electron chi connectivity index (χ4n) is 1.55. The first-order valence-electron chi connectivity index (χ1n) is 4.31. The molecule has 0 aromatic rings. The van der Waals surface area contributed by atoms with Gasteiger partial charge in [0.15, 0.2) is 0 Å². The molecule has 3 nitrogen and oxygen atoms in total. The molecular formula is C9H15NO2. The third-order valence-corrected chi connectivity index (χ3v) is 2.04. The van der Waals surface area contributed by atoms with Gasteiger partial charge in [0.1, 0.15) is 0 Å². The number of hydrogen-bond acceptors (Lipinski definition) is 2. The third-order valence-electron chi connectivity index (χ3n) is 2.04. The molecule has 1 aliphatic heterocycles. The zero-order valence-electron chi connectivity index (χ0n) is 7.42. The van der Waals surface area contributed by atoms with E-state index in [4.69, 9.17) is 5.11 Å². The molecule has 0 atom stereocenters. The van der Waals surface area contributed by atoms with E-state index in [1.165, 1.54) is 18.9 Å². The van der Waals surface area contributed by atoms with Gasteiger partial charge in [0.05, 0.1) is 0 Å². The highest BCUT2D eigenvalue weighted by molar-refractivity contribution is 5.80. The Balaban J connectivity index is 2.34. The standard InChI is InChI=1S/C9H15NO2/c1-8(6-9(11)12)7-10-4-2-3-5-10/h6H,2-5,7H2,1H3,(H,11,12). The van der Waals surface area contributed by atoms with Crippen LogP contribution in [0.25, 0.3) is 0 Å². The number of likely N-dealkylation sites (tertiary alicyclic amines) is 1. The first kappa shape index (κ1) is 9.26. The van der Waals surface area contributed by atoms with Crippen molar-refractivity contribution in [2.75, 3.05) is 19.6 Å². The maximum Gasteiger partial charge on any atom is 0.328 e. The molecule has 1 N–H and O–H groups in total. The molecule has 0 aromatic carbocycles. The quantitative estimate of drug-likeness (QED) is 0.643. The summed E-state index contributed by atoms with van der Waals surface area (Å²) in [6, 6.07) is 0. The summed E-state index contributed by atoms with van der Waals surface area (Å²) in [4.78, 5) is 12.6. The predicted molar refractivity (Wildman–Crippen MR) is 47.1 cm³/mol.